The van der Waals surface area contributed by atoms with E-state index in [1.807, 2.05) is 11.0 Å². The second-order valence-electron chi connectivity index (χ2n) is 6.98. The Kier molecular flexibility index (Phi) is 4.99. The molecular weight excluding hydrogens is 428 g/mol. The standard InChI is InChI=1S/C20H21BrN2O3S/c21-17-5-7-18(8-6-17)27(25,26)23-13-10-15-14-16(4-9-19(15)23)20(24)22-11-2-1-3-12-22/h4-9,14H,1-3,10-13H2. The summed E-state index contributed by atoms with van der Waals surface area (Å²) in [5.41, 5.74) is 2.24. The molecule has 0 spiro atoms. The number of rotatable bonds is 3. The number of nitrogens with zero attached hydrogens (tertiary/aromatic N) is 2. The minimum atomic E-state index is -3.61. The quantitative estimate of drug-likeness (QED) is 0.716. The van der Waals surface area contributed by atoms with Crippen LogP contribution in [0, 0.1) is 0 Å². The van der Waals surface area contributed by atoms with Crippen LogP contribution in [0.1, 0.15) is 35.2 Å². The molecule has 27 heavy (non-hydrogen) atoms. The summed E-state index contributed by atoms with van der Waals surface area (Å²) < 4.78 is 28.3. The summed E-state index contributed by atoms with van der Waals surface area (Å²) in [4.78, 5) is 14.9. The number of likely N-dealkylation sites (tertiary alicyclic amines) is 1. The number of hydrogen-bond acceptors (Lipinski definition) is 3. The average Bonchev–Trinajstić information content (AvgIpc) is 3.12. The van der Waals surface area contributed by atoms with E-state index >= 15 is 0 Å². The molecule has 1 fully saturated rings. The van der Waals surface area contributed by atoms with Crippen LogP contribution in [0.2, 0.25) is 0 Å². The lowest BCUT2D eigenvalue weighted by Gasteiger charge is -2.27. The molecule has 142 valence electrons. The number of fused-ring (bicyclic) bond motifs is 1. The van der Waals surface area contributed by atoms with Gasteiger partial charge in [-0.25, -0.2) is 8.42 Å². The average molecular weight is 449 g/mol. The highest BCUT2D eigenvalue weighted by atomic mass is 79.9. The topological polar surface area (TPSA) is 57.7 Å². The predicted octanol–water partition coefficient (Wildman–Crippen LogP) is 3.83. The molecule has 0 radical (unpaired) electrons. The summed E-state index contributed by atoms with van der Waals surface area (Å²) >= 11 is 3.33. The van der Waals surface area contributed by atoms with Gasteiger partial charge in [0.1, 0.15) is 0 Å². The third-order valence-electron chi connectivity index (χ3n) is 5.22. The zero-order valence-electron chi connectivity index (χ0n) is 14.9. The lowest BCUT2D eigenvalue weighted by molar-refractivity contribution is 0.0724. The van der Waals surface area contributed by atoms with Crippen LogP contribution in [0.4, 0.5) is 5.69 Å². The van der Waals surface area contributed by atoms with Gasteiger partial charge in [0.15, 0.2) is 0 Å². The molecule has 0 bridgehead atoms. The molecule has 2 heterocycles. The van der Waals surface area contributed by atoms with Gasteiger partial charge in [-0.05, 0) is 73.7 Å². The maximum absolute atomic E-state index is 13.0. The van der Waals surface area contributed by atoms with Crippen molar-refractivity contribution in [2.24, 2.45) is 0 Å². The Hall–Kier alpha value is -1.86. The van der Waals surface area contributed by atoms with Crippen LogP contribution >= 0.6 is 15.9 Å². The van der Waals surface area contributed by atoms with E-state index in [1.165, 1.54) is 10.7 Å². The molecule has 2 aromatic rings. The lowest BCUT2D eigenvalue weighted by Crippen LogP contribution is -2.35. The minimum Gasteiger partial charge on any atom is -0.339 e. The van der Waals surface area contributed by atoms with E-state index in [2.05, 4.69) is 15.9 Å². The highest BCUT2D eigenvalue weighted by Crippen LogP contribution is 2.34. The van der Waals surface area contributed by atoms with Crippen molar-refractivity contribution in [2.45, 2.75) is 30.6 Å². The lowest BCUT2D eigenvalue weighted by atomic mass is 10.1. The van der Waals surface area contributed by atoms with Crippen LogP contribution in [0.3, 0.4) is 0 Å². The summed E-state index contributed by atoms with van der Waals surface area (Å²) in [6, 6.07) is 12.1. The maximum Gasteiger partial charge on any atom is 0.264 e. The van der Waals surface area contributed by atoms with Crippen molar-refractivity contribution < 1.29 is 13.2 Å². The van der Waals surface area contributed by atoms with Gasteiger partial charge in [0, 0.05) is 29.7 Å². The van der Waals surface area contributed by atoms with Crippen LogP contribution in [0.5, 0.6) is 0 Å². The molecule has 0 unspecified atom stereocenters. The molecule has 0 saturated carbocycles. The monoisotopic (exact) mass is 448 g/mol. The van der Waals surface area contributed by atoms with Gasteiger partial charge >= 0.3 is 0 Å². The SMILES string of the molecule is O=C(c1ccc2c(c1)CCN2S(=O)(=O)c1ccc(Br)cc1)N1CCCCC1. The fraction of sp³-hybridized carbons (Fsp3) is 0.350. The third-order valence-corrected chi connectivity index (χ3v) is 7.58. The number of anilines is 1. The van der Waals surface area contributed by atoms with Crippen LogP contribution in [0.25, 0.3) is 0 Å². The fourth-order valence-corrected chi connectivity index (χ4v) is 5.54. The Bertz CT molecular complexity index is 967. The number of piperidine rings is 1. The van der Waals surface area contributed by atoms with Gasteiger partial charge in [-0.2, -0.15) is 0 Å². The van der Waals surface area contributed by atoms with Crippen molar-refractivity contribution in [1.29, 1.82) is 0 Å². The van der Waals surface area contributed by atoms with E-state index in [0.717, 1.165) is 36.0 Å². The van der Waals surface area contributed by atoms with E-state index in [-0.39, 0.29) is 10.8 Å². The van der Waals surface area contributed by atoms with Crippen molar-refractivity contribution in [3.05, 3.63) is 58.1 Å². The van der Waals surface area contributed by atoms with Crippen LogP contribution < -0.4 is 4.31 Å². The van der Waals surface area contributed by atoms with Gasteiger partial charge < -0.3 is 4.90 Å². The molecule has 5 nitrogen and oxygen atoms in total. The van der Waals surface area contributed by atoms with E-state index in [4.69, 9.17) is 0 Å². The largest absolute Gasteiger partial charge is 0.339 e. The zero-order valence-corrected chi connectivity index (χ0v) is 17.3. The first-order valence-corrected chi connectivity index (χ1v) is 11.4. The van der Waals surface area contributed by atoms with Gasteiger partial charge in [-0.15, -0.1) is 0 Å². The highest BCUT2D eigenvalue weighted by Gasteiger charge is 2.31. The number of amides is 1. The van der Waals surface area contributed by atoms with E-state index in [9.17, 15) is 13.2 Å². The summed E-state index contributed by atoms with van der Waals surface area (Å²) in [5, 5.41) is 0. The first kappa shape index (κ1) is 18.5. The van der Waals surface area contributed by atoms with Gasteiger partial charge in [0.25, 0.3) is 15.9 Å². The van der Waals surface area contributed by atoms with E-state index < -0.39 is 10.0 Å². The Morgan fingerprint density at radius 2 is 1.63 bits per heavy atom. The van der Waals surface area contributed by atoms with Gasteiger partial charge in [0.05, 0.1) is 10.6 Å². The van der Waals surface area contributed by atoms with Crippen molar-refractivity contribution in [3.8, 4) is 0 Å². The summed E-state index contributed by atoms with van der Waals surface area (Å²) in [6.45, 7) is 2.01. The summed E-state index contributed by atoms with van der Waals surface area (Å²) in [5.74, 6) is 0.0479. The Morgan fingerprint density at radius 3 is 2.33 bits per heavy atom. The molecule has 0 N–H and O–H groups in total. The zero-order chi connectivity index (χ0) is 19.0. The number of carbonyl (C=O) groups is 1. The second-order valence-corrected chi connectivity index (χ2v) is 9.76. The summed E-state index contributed by atoms with van der Waals surface area (Å²) in [6.07, 6.45) is 3.90. The molecule has 2 aromatic carbocycles. The Labute approximate surface area is 168 Å². The van der Waals surface area contributed by atoms with Crippen molar-refractivity contribution in [2.75, 3.05) is 23.9 Å². The van der Waals surface area contributed by atoms with Crippen molar-refractivity contribution in [1.82, 2.24) is 4.90 Å². The molecule has 1 saturated heterocycles. The Morgan fingerprint density at radius 1 is 0.926 bits per heavy atom. The van der Waals surface area contributed by atoms with Crippen molar-refractivity contribution in [3.63, 3.8) is 0 Å². The molecule has 1 amide bonds. The number of sulfonamides is 1. The molecule has 2 aliphatic heterocycles. The molecule has 0 atom stereocenters. The first-order valence-electron chi connectivity index (χ1n) is 9.17. The summed E-state index contributed by atoms with van der Waals surface area (Å²) in [7, 11) is -3.61. The van der Waals surface area contributed by atoms with E-state index in [0.29, 0.717) is 24.2 Å². The van der Waals surface area contributed by atoms with Crippen LogP contribution in [0.15, 0.2) is 51.8 Å². The van der Waals surface area contributed by atoms with Crippen molar-refractivity contribution >= 4 is 37.5 Å². The number of hydrogen-bond donors (Lipinski definition) is 0. The molecule has 0 aliphatic carbocycles. The molecular formula is C20H21BrN2O3S. The van der Waals surface area contributed by atoms with E-state index in [1.54, 1.807) is 36.4 Å². The van der Waals surface area contributed by atoms with Crippen LogP contribution in [-0.4, -0.2) is 38.9 Å². The smallest absolute Gasteiger partial charge is 0.264 e. The molecule has 2 aliphatic rings. The Balaban J connectivity index is 1.61. The van der Waals surface area contributed by atoms with Gasteiger partial charge in [0.2, 0.25) is 0 Å². The maximum atomic E-state index is 13.0. The highest BCUT2D eigenvalue weighted by molar-refractivity contribution is 9.10. The van der Waals surface area contributed by atoms with Gasteiger partial charge in [-0.3, -0.25) is 9.10 Å². The molecule has 0 aromatic heterocycles. The molecule has 4 rings (SSSR count). The second kappa shape index (κ2) is 7.28. The number of carbonyl (C=O) groups excluding carboxylic acids is 1. The fourth-order valence-electron chi connectivity index (χ4n) is 3.77. The minimum absolute atomic E-state index is 0.0479. The number of benzene rings is 2. The third kappa shape index (κ3) is 3.50. The van der Waals surface area contributed by atoms with Gasteiger partial charge in [-0.1, -0.05) is 15.9 Å². The normalized spacial score (nSPS) is 17.1. The molecule has 7 heteroatoms. The van der Waals surface area contributed by atoms with Crippen LogP contribution in [-0.2, 0) is 16.4 Å². The first-order chi connectivity index (χ1) is 13.0. The predicted molar refractivity (Wildman–Crippen MR) is 109 cm³/mol. The number of halogens is 1.